The fourth-order valence-corrected chi connectivity index (χ4v) is 0.840. The molecule has 0 aliphatic rings. The molecule has 12 heavy (non-hydrogen) atoms. The molecular formula is C9H17N3. The highest BCUT2D eigenvalue weighted by Crippen LogP contribution is 2.11. The van der Waals surface area contributed by atoms with Gasteiger partial charge < -0.3 is 0 Å². The molecule has 0 heterocycles. The molecule has 0 saturated carbocycles. The molecule has 68 valence electrons. The van der Waals surface area contributed by atoms with Crippen LogP contribution in [0.25, 0.3) is 0 Å². The quantitative estimate of drug-likeness (QED) is 0.222. The van der Waals surface area contributed by atoms with Gasteiger partial charge in [-0.1, -0.05) is 13.5 Å². The monoisotopic (exact) mass is 167 g/mol. The molecule has 3 nitrogen and oxygen atoms in total. The van der Waals surface area contributed by atoms with Gasteiger partial charge in [-0.2, -0.15) is 0 Å². The minimum Gasteiger partial charge on any atom is -0.287 e. The molecule has 0 aromatic rings. The zero-order valence-corrected chi connectivity index (χ0v) is 8.02. The Morgan fingerprint density at radius 1 is 1.58 bits per heavy atom. The predicted molar refractivity (Wildman–Crippen MR) is 52.6 cm³/mol. The Morgan fingerprint density at radius 2 is 2.08 bits per heavy atom. The summed E-state index contributed by atoms with van der Waals surface area (Å²) in [6.45, 7) is 9.34. The van der Waals surface area contributed by atoms with Gasteiger partial charge in [0.1, 0.15) is 5.84 Å². The zero-order valence-electron chi connectivity index (χ0n) is 8.02. The first-order chi connectivity index (χ1) is 5.54. The van der Waals surface area contributed by atoms with Gasteiger partial charge in [0.15, 0.2) is 0 Å². The number of amidine groups is 1. The molecular weight excluding hydrogens is 150 g/mol. The lowest BCUT2D eigenvalue weighted by atomic mass is 10.1. The minimum atomic E-state index is 0.317. The third-order valence-electron chi connectivity index (χ3n) is 1.78. The fourth-order valence-electron chi connectivity index (χ4n) is 0.840. The van der Waals surface area contributed by atoms with Crippen LogP contribution in [0.3, 0.4) is 0 Å². The largest absolute Gasteiger partial charge is 0.287 e. The SMILES string of the molecule is C=C/C(=C(/C)CC)N(N)C(C)=N. The second kappa shape index (κ2) is 4.72. The molecule has 0 saturated heterocycles. The van der Waals surface area contributed by atoms with Crippen LogP contribution in [0.5, 0.6) is 0 Å². The standard InChI is InChI=1S/C9H17N3/c1-5-7(3)9(6-2)12(11)8(4)10/h6,10H,2,5,11H2,1,3-4H3/b9-7+,10-8?. The summed E-state index contributed by atoms with van der Waals surface area (Å²) in [5.41, 5.74) is 1.96. The average Bonchev–Trinajstić information content (AvgIpc) is 2.05. The highest BCUT2D eigenvalue weighted by molar-refractivity contribution is 5.78. The van der Waals surface area contributed by atoms with Crippen molar-refractivity contribution in [1.29, 1.82) is 5.41 Å². The summed E-state index contributed by atoms with van der Waals surface area (Å²) >= 11 is 0. The summed E-state index contributed by atoms with van der Waals surface area (Å²) in [4.78, 5) is 0. The lowest BCUT2D eigenvalue weighted by Crippen LogP contribution is -2.34. The van der Waals surface area contributed by atoms with Crippen molar-refractivity contribution in [3.63, 3.8) is 0 Å². The Labute approximate surface area is 74.0 Å². The van der Waals surface area contributed by atoms with E-state index < -0.39 is 0 Å². The van der Waals surface area contributed by atoms with Crippen molar-refractivity contribution in [3.05, 3.63) is 23.9 Å². The second-order valence-corrected chi connectivity index (χ2v) is 2.68. The van der Waals surface area contributed by atoms with Crippen molar-refractivity contribution in [3.8, 4) is 0 Å². The molecule has 0 spiro atoms. The molecule has 0 radical (unpaired) electrons. The Balaban J connectivity index is 4.78. The predicted octanol–water partition coefficient (Wildman–Crippen LogP) is 2.03. The van der Waals surface area contributed by atoms with Crippen molar-refractivity contribution in [2.45, 2.75) is 27.2 Å². The van der Waals surface area contributed by atoms with Crippen molar-refractivity contribution < 1.29 is 0 Å². The van der Waals surface area contributed by atoms with Crippen LogP contribution in [0.2, 0.25) is 0 Å². The first-order valence-electron chi connectivity index (χ1n) is 3.96. The number of allylic oxidation sites excluding steroid dienone is 2. The second-order valence-electron chi connectivity index (χ2n) is 2.68. The van der Waals surface area contributed by atoms with Crippen LogP contribution in [0.4, 0.5) is 0 Å². The number of nitrogens with two attached hydrogens (primary N) is 1. The number of hydrogen-bond donors (Lipinski definition) is 2. The van der Waals surface area contributed by atoms with Crippen LogP contribution in [-0.2, 0) is 0 Å². The van der Waals surface area contributed by atoms with Gasteiger partial charge in [0.05, 0.1) is 5.70 Å². The third kappa shape index (κ3) is 2.51. The van der Waals surface area contributed by atoms with E-state index in [0.29, 0.717) is 5.84 Å². The van der Waals surface area contributed by atoms with E-state index in [4.69, 9.17) is 11.3 Å². The third-order valence-corrected chi connectivity index (χ3v) is 1.78. The number of nitrogens with zero attached hydrogens (tertiary/aromatic N) is 1. The van der Waals surface area contributed by atoms with E-state index in [1.807, 2.05) is 13.8 Å². The molecule has 0 aliphatic carbocycles. The molecule has 0 atom stereocenters. The van der Waals surface area contributed by atoms with Crippen LogP contribution in [-0.4, -0.2) is 10.8 Å². The molecule has 0 rings (SSSR count). The Bertz CT molecular complexity index is 216. The summed E-state index contributed by atoms with van der Waals surface area (Å²) in [5, 5.41) is 8.66. The maximum absolute atomic E-state index is 7.32. The number of hydrazine groups is 1. The van der Waals surface area contributed by atoms with E-state index >= 15 is 0 Å². The van der Waals surface area contributed by atoms with Gasteiger partial charge in [-0.15, -0.1) is 0 Å². The molecule has 0 aromatic heterocycles. The van der Waals surface area contributed by atoms with Crippen molar-refractivity contribution in [2.75, 3.05) is 0 Å². The summed E-state index contributed by atoms with van der Waals surface area (Å²) in [5.74, 6) is 5.94. The van der Waals surface area contributed by atoms with Gasteiger partial charge in [-0.25, -0.2) is 5.84 Å². The molecule has 0 amide bonds. The number of hydrogen-bond acceptors (Lipinski definition) is 2. The lowest BCUT2D eigenvalue weighted by Gasteiger charge is -2.19. The molecule has 0 bridgehead atoms. The van der Waals surface area contributed by atoms with Gasteiger partial charge in [0, 0.05) is 0 Å². The summed E-state index contributed by atoms with van der Waals surface area (Å²) < 4.78 is 0. The normalized spacial score (nSPS) is 12.0. The number of rotatable bonds is 3. The molecule has 0 unspecified atom stereocenters. The molecule has 0 fully saturated rings. The Morgan fingerprint density at radius 3 is 2.33 bits per heavy atom. The summed E-state index contributed by atoms with van der Waals surface area (Å²) in [6.07, 6.45) is 2.60. The fraction of sp³-hybridized carbons (Fsp3) is 0.444. The van der Waals surface area contributed by atoms with Crippen LogP contribution < -0.4 is 5.84 Å². The molecule has 3 N–H and O–H groups in total. The van der Waals surface area contributed by atoms with E-state index in [0.717, 1.165) is 17.7 Å². The van der Waals surface area contributed by atoms with Gasteiger partial charge in [-0.05, 0) is 31.9 Å². The topological polar surface area (TPSA) is 53.1 Å². The van der Waals surface area contributed by atoms with E-state index in [2.05, 4.69) is 6.58 Å². The average molecular weight is 167 g/mol. The van der Waals surface area contributed by atoms with Gasteiger partial charge in [-0.3, -0.25) is 10.4 Å². The van der Waals surface area contributed by atoms with E-state index in [-0.39, 0.29) is 0 Å². The van der Waals surface area contributed by atoms with Gasteiger partial charge >= 0.3 is 0 Å². The maximum atomic E-state index is 7.32. The van der Waals surface area contributed by atoms with Crippen LogP contribution in [0.1, 0.15) is 27.2 Å². The lowest BCUT2D eigenvalue weighted by molar-refractivity contribution is 0.545. The zero-order chi connectivity index (χ0) is 9.72. The highest BCUT2D eigenvalue weighted by Gasteiger charge is 2.05. The van der Waals surface area contributed by atoms with Gasteiger partial charge in [0.2, 0.25) is 0 Å². The minimum absolute atomic E-state index is 0.317. The van der Waals surface area contributed by atoms with Crippen molar-refractivity contribution in [2.24, 2.45) is 5.84 Å². The number of nitrogens with one attached hydrogen (secondary N) is 1. The highest BCUT2D eigenvalue weighted by atomic mass is 15.4. The van der Waals surface area contributed by atoms with E-state index in [9.17, 15) is 0 Å². The van der Waals surface area contributed by atoms with E-state index in [1.54, 1.807) is 13.0 Å². The van der Waals surface area contributed by atoms with Gasteiger partial charge in [0.25, 0.3) is 0 Å². The van der Waals surface area contributed by atoms with Crippen molar-refractivity contribution >= 4 is 5.84 Å². The van der Waals surface area contributed by atoms with Crippen molar-refractivity contribution in [1.82, 2.24) is 5.01 Å². The first-order valence-corrected chi connectivity index (χ1v) is 3.96. The smallest absolute Gasteiger partial charge is 0.112 e. The summed E-state index contributed by atoms with van der Waals surface area (Å²) in [6, 6.07) is 0. The maximum Gasteiger partial charge on any atom is 0.112 e. The van der Waals surface area contributed by atoms with Crippen LogP contribution in [0, 0.1) is 5.41 Å². The first kappa shape index (κ1) is 10.9. The van der Waals surface area contributed by atoms with E-state index in [1.165, 1.54) is 5.01 Å². The molecule has 3 heteroatoms. The molecule has 0 aliphatic heterocycles. The Kier molecular flexibility index (Phi) is 4.29. The molecule has 0 aromatic carbocycles. The van der Waals surface area contributed by atoms with Crippen LogP contribution >= 0.6 is 0 Å². The summed E-state index contributed by atoms with van der Waals surface area (Å²) in [7, 11) is 0. The Hall–Kier alpha value is -1.09. The van der Waals surface area contributed by atoms with Crippen LogP contribution in [0.15, 0.2) is 23.9 Å².